The van der Waals surface area contributed by atoms with Crippen molar-refractivity contribution in [3.8, 4) is 27.9 Å². The van der Waals surface area contributed by atoms with E-state index in [1.165, 1.54) is 0 Å². The maximum Gasteiger partial charge on any atom is 0.222 e. The highest BCUT2D eigenvalue weighted by molar-refractivity contribution is 7.13. The van der Waals surface area contributed by atoms with Crippen LogP contribution < -0.4 is 11.5 Å². The van der Waals surface area contributed by atoms with Gasteiger partial charge in [0.05, 0.1) is 11.4 Å². The summed E-state index contributed by atoms with van der Waals surface area (Å²) >= 11 is 1.61. The van der Waals surface area contributed by atoms with Gasteiger partial charge in [-0.3, -0.25) is 0 Å². The second-order valence-corrected chi connectivity index (χ2v) is 7.53. The van der Waals surface area contributed by atoms with Crippen molar-refractivity contribution in [2.45, 2.75) is 26.2 Å². The number of thiazole rings is 1. The highest BCUT2D eigenvalue weighted by atomic mass is 32.1. The third-order valence-electron chi connectivity index (χ3n) is 3.74. The van der Waals surface area contributed by atoms with Gasteiger partial charge < -0.3 is 11.5 Å². The van der Waals surface area contributed by atoms with Crippen LogP contribution in [0.15, 0.2) is 29.6 Å². The van der Waals surface area contributed by atoms with E-state index in [9.17, 15) is 5.26 Å². The van der Waals surface area contributed by atoms with Crippen molar-refractivity contribution >= 4 is 23.1 Å². The zero-order chi connectivity index (χ0) is 18.2. The summed E-state index contributed by atoms with van der Waals surface area (Å²) in [7, 11) is 0. The Hall–Kier alpha value is -2.98. The van der Waals surface area contributed by atoms with E-state index >= 15 is 0 Å². The minimum Gasteiger partial charge on any atom is -0.382 e. The molecule has 3 rings (SSSR count). The van der Waals surface area contributed by atoms with Gasteiger partial charge in [0.2, 0.25) is 5.95 Å². The van der Waals surface area contributed by atoms with E-state index < -0.39 is 0 Å². The van der Waals surface area contributed by atoms with Crippen LogP contribution in [0.25, 0.3) is 21.8 Å². The number of hydrogen-bond donors (Lipinski definition) is 2. The molecule has 0 bridgehead atoms. The predicted octanol–water partition coefficient (Wildman–Crippen LogP) is 3.60. The summed E-state index contributed by atoms with van der Waals surface area (Å²) in [6, 6.07) is 9.72. The molecule has 6 nitrogen and oxygen atoms in total. The summed E-state index contributed by atoms with van der Waals surface area (Å²) in [6.07, 6.45) is 0. The molecular weight excluding hydrogens is 332 g/mol. The number of hydrogen-bond acceptors (Lipinski definition) is 7. The SMILES string of the molecule is CC(C)(C)c1csc(-c2ccc(-c3nc(N)nc(N)c3C#N)cc2)n1. The fourth-order valence-electron chi connectivity index (χ4n) is 2.34. The average Bonchev–Trinajstić information content (AvgIpc) is 3.04. The number of nitrogen functional groups attached to an aromatic ring is 2. The first kappa shape index (κ1) is 16.9. The molecule has 0 saturated carbocycles. The molecule has 2 aromatic heterocycles. The van der Waals surface area contributed by atoms with Crippen LogP contribution >= 0.6 is 11.3 Å². The first-order valence-electron chi connectivity index (χ1n) is 7.69. The van der Waals surface area contributed by atoms with Crippen molar-refractivity contribution in [1.82, 2.24) is 15.0 Å². The summed E-state index contributed by atoms with van der Waals surface area (Å²) in [5, 5.41) is 12.3. The Labute approximate surface area is 150 Å². The minimum absolute atomic E-state index is 0.0202. The van der Waals surface area contributed by atoms with Gasteiger partial charge in [-0.1, -0.05) is 45.0 Å². The van der Waals surface area contributed by atoms with Gasteiger partial charge in [-0.25, -0.2) is 9.97 Å². The Bertz CT molecular complexity index is 961. The van der Waals surface area contributed by atoms with Crippen molar-refractivity contribution in [2.24, 2.45) is 0 Å². The molecule has 25 heavy (non-hydrogen) atoms. The lowest BCUT2D eigenvalue weighted by molar-refractivity contribution is 0.573. The van der Waals surface area contributed by atoms with Crippen LogP contribution in [0, 0.1) is 11.3 Å². The lowest BCUT2D eigenvalue weighted by Gasteiger charge is -2.14. The molecule has 0 unspecified atom stereocenters. The van der Waals surface area contributed by atoms with E-state index in [4.69, 9.17) is 16.5 Å². The van der Waals surface area contributed by atoms with Gasteiger partial charge in [-0.05, 0) is 0 Å². The molecule has 4 N–H and O–H groups in total. The van der Waals surface area contributed by atoms with E-state index in [1.807, 2.05) is 30.3 Å². The summed E-state index contributed by atoms with van der Waals surface area (Å²) in [5.74, 6) is 0.133. The monoisotopic (exact) mass is 350 g/mol. The Balaban J connectivity index is 1.99. The summed E-state index contributed by atoms with van der Waals surface area (Å²) in [6.45, 7) is 6.42. The number of aromatic nitrogens is 3. The largest absolute Gasteiger partial charge is 0.382 e. The summed E-state index contributed by atoms with van der Waals surface area (Å²) < 4.78 is 0. The lowest BCUT2D eigenvalue weighted by atomic mass is 9.93. The second-order valence-electron chi connectivity index (χ2n) is 6.67. The van der Waals surface area contributed by atoms with Gasteiger partial charge in [0, 0.05) is 21.9 Å². The molecule has 0 spiro atoms. The lowest BCUT2D eigenvalue weighted by Crippen LogP contribution is -2.11. The molecule has 0 saturated heterocycles. The predicted molar refractivity (Wildman–Crippen MR) is 101 cm³/mol. The number of nitriles is 1. The quantitative estimate of drug-likeness (QED) is 0.729. The van der Waals surface area contributed by atoms with Gasteiger partial charge in [0.15, 0.2) is 0 Å². The molecule has 0 aliphatic rings. The van der Waals surface area contributed by atoms with Crippen molar-refractivity contribution < 1.29 is 0 Å². The molecule has 7 heteroatoms. The molecule has 0 aliphatic heterocycles. The first-order chi connectivity index (χ1) is 11.8. The van der Waals surface area contributed by atoms with Gasteiger partial charge >= 0.3 is 0 Å². The average molecular weight is 350 g/mol. The first-order valence-corrected chi connectivity index (χ1v) is 8.57. The van der Waals surface area contributed by atoms with E-state index in [0.29, 0.717) is 5.69 Å². The topological polar surface area (TPSA) is 114 Å². The number of benzene rings is 1. The van der Waals surface area contributed by atoms with Crippen LogP contribution in [0.2, 0.25) is 0 Å². The smallest absolute Gasteiger partial charge is 0.222 e. The number of rotatable bonds is 2. The Morgan fingerprint density at radius 2 is 1.64 bits per heavy atom. The molecule has 0 amide bonds. The van der Waals surface area contributed by atoms with E-state index in [0.717, 1.165) is 21.8 Å². The van der Waals surface area contributed by atoms with Gasteiger partial charge in [0.1, 0.15) is 22.5 Å². The molecule has 0 aliphatic carbocycles. The molecule has 0 radical (unpaired) electrons. The van der Waals surface area contributed by atoms with E-state index in [-0.39, 0.29) is 22.7 Å². The minimum atomic E-state index is 0.0202. The third kappa shape index (κ3) is 3.30. The maximum atomic E-state index is 9.30. The van der Waals surface area contributed by atoms with Crippen molar-refractivity contribution in [2.75, 3.05) is 11.5 Å². The van der Waals surface area contributed by atoms with Crippen molar-refractivity contribution in [1.29, 1.82) is 5.26 Å². The maximum absolute atomic E-state index is 9.30. The normalized spacial score (nSPS) is 11.3. The number of anilines is 2. The number of nitrogens with zero attached hydrogens (tertiary/aromatic N) is 4. The Kier molecular flexibility index (Phi) is 4.15. The van der Waals surface area contributed by atoms with Crippen molar-refractivity contribution in [3.63, 3.8) is 0 Å². The van der Waals surface area contributed by atoms with Crippen LogP contribution in [0.4, 0.5) is 11.8 Å². The van der Waals surface area contributed by atoms with Gasteiger partial charge in [-0.2, -0.15) is 10.2 Å². The molecule has 0 fully saturated rings. The van der Waals surface area contributed by atoms with Gasteiger partial charge in [-0.15, -0.1) is 11.3 Å². The standard InChI is InChI=1S/C18H18N6S/c1-18(2,3)13-9-25-16(22-13)11-6-4-10(5-7-11)14-12(8-19)15(20)24-17(21)23-14/h4-7,9H,1-3H3,(H4,20,21,23,24). The van der Waals surface area contributed by atoms with Crippen LogP contribution in [0.3, 0.4) is 0 Å². The fraction of sp³-hybridized carbons (Fsp3) is 0.222. The molecule has 0 atom stereocenters. The molecular formula is C18H18N6S. The summed E-state index contributed by atoms with van der Waals surface area (Å²) in [5.41, 5.74) is 15.0. The zero-order valence-corrected chi connectivity index (χ0v) is 15.1. The van der Waals surface area contributed by atoms with Crippen LogP contribution in [-0.2, 0) is 5.41 Å². The van der Waals surface area contributed by atoms with E-state index in [2.05, 4.69) is 36.1 Å². The Morgan fingerprint density at radius 3 is 2.20 bits per heavy atom. The highest BCUT2D eigenvalue weighted by Crippen LogP contribution is 2.32. The Morgan fingerprint density at radius 1 is 1.00 bits per heavy atom. The van der Waals surface area contributed by atoms with Crippen LogP contribution in [-0.4, -0.2) is 15.0 Å². The summed E-state index contributed by atoms with van der Waals surface area (Å²) in [4.78, 5) is 12.7. The van der Waals surface area contributed by atoms with Crippen LogP contribution in [0.5, 0.6) is 0 Å². The molecule has 2 heterocycles. The molecule has 3 aromatic rings. The van der Waals surface area contributed by atoms with Crippen LogP contribution in [0.1, 0.15) is 32.0 Å². The molecule has 126 valence electrons. The van der Waals surface area contributed by atoms with Crippen molar-refractivity contribution in [3.05, 3.63) is 40.9 Å². The van der Waals surface area contributed by atoms with Gasteiger partial charge in [0.25, 0.3) is 0 Å². The third-order valence-corrected chi connectivity index (χ3v) is 4.64. The number of nitrogens with two attached hydrogens (primary N) is 2. The highest BCUT2D eigenvalue weighted by Gasteiger charge is 2.18. The fourth-order valence-corrected chi connectivity index (χ4v) is 3.39. The molecule has 1 aromatic carbocycles. The van der Waals surface area contributed by atoms with E-state index in [1.54, 1.807) is 11.3 Å². The zero-order valence-electron chi connectivity index (χ0n) is 14.2. The second kappa shape index (κ2) is 6.15.